The van der Waals surface area contributed by atoms with Gasteiger partial charge in [0.2, 0.25) is 0 Å². The Morgan fingerprint density at radius 1 is 1.32 bits per heavy atom. The molecule has 1 atom stereocenters. The Morgan fingerprint density at radius 2 is 2.00 bits per heavy atom. The summed E-state index contributed by atoms with van der Waals surface area (Å²) < 4.78 is 12.9. The molecule has 19 heavy (non-hydrogen) atoms. The number of hydrogen-bond acceptors (Lipinski definition) is 2. The van der Waals surface area contributed by atoms with Gasteiger partial charge in [0.1, 0.15) is 5.82 Å². The number of halogens is 1. The van der Waals surface area contributed by atoms with Crippen molar-refractivity contribution in [2.75, 3.05) is 11.5 Å². The molecule has 0 radical (unpaired) electrons. The molecule has 2 rings (SSSR count). The normalized spacial score (nSPS) is 23.9. The second-order valence-electron chi connectivity index (χ2n) is 5.47. The molecule has 0 aliphatic heterocycles. The predicted octanol–water partition coefficient (Wildman–Crippen LogP) is 4.19. The average Bonchev–Trinajstić information content (AvgIpc) is 2.35. The first-order valence-corrected chi connectivity index (χ1v) is 8.43. The van der Waals surface area contributed by atoms with E-state index in [0.717, 1.165) is 0 Å². The Balaban J connectivity index is 1.67. The minimum atomic E-state index is -0.139. The van der Waals surface area contributed by atoms with Gasteiger partial charge in [-0.15, -0.1) is 0 Å². The molecule has 1 fully saturated rings. The second kappa shape index (κ2) is 7.30. The minimum absolute atomic E-state index is 0.139. The molecule has 1 aromatic rings. The molecule has 0 heterocycles. The lowest BCUT2D eigenvalue weighted by Crippen LogP contribution is -2.44. The summed E-state index contributed by atoms with van der Waals surface area (Å²) in [5.74, 6) is 2.94. The maximum Gasteiger partial charge on any atom is 0.123 e. The Labute approximate surface area is 120 Å². The molecule has 0 bridgehead atoms. The van der Waals surface area contributed by atoms with Gasteiger partial charge in [-0.25, -0.2) is 4.39 Å². The summed E-state index contributed by atoms with van der Waals surface area (Å²) in [4.78, 5) is 0. The lowest BCUT2D eigenvalue weighted by atomic mass is 9.75. The van der Waals surface area contributed by atoms with Crippen LogP contribution in [0.3, 0.4) is 0 Å². The van der Waals surface area contributed by atoms with Gasteiger partial charge in [0.15, 0.2) is 0 Å². The number of hydrogen-bond donors (Lipinski definition) is 1. The van der Waals surface area contributed by atoms with Gasteiger partial charge in [-0.05, 0) is 61.3 Å². The maximum absolute atomic E-state index is 12.9. The lowest BCUT2D eigenvalue weighted by Gasteiger charge is -2.38. The largest absolute Gasteiger partial charge is 0.311 e. The summed E-state index contributed by atoms with van der Waals surface area (Å²) >= 11 is 2.01. The summed E-state index contributed by atoms with van der Waals surface area (Å²) in [7, 11) is 0. The molecule has 106 valence electrons. The average molecular weight is 281 g/mol. The molecule has 1 aliphatic carbocycles. The van der Waals surface area contributed by atoms with Crippen molar-refractivity contribution in [3.8, 4) is 0 Å². The SMILES string of the molecule is CCSCCC(C)NC1CC(c2ccc(F)cc2)C1. The summed E-state index contributed by atoms with van der Waals surface area (Å²) in [5.41, 5.74) is 1.29. The highest BCUT2D eigenvalue weighted by Gasteiger charge is 2.30. The zero-order chi connectivity index (χ0) is 13.7. The summed E-state index contributed by atoms with van der Waals surface area (Å²) in [6, 6.07) is 8.26. The molecule has 0 amide bonds. The molecule has 3 heteroatoms. The van der Waals surface area contributed by atoms with E-state index >= 15 is 0 Å². The quantitative estimate of drug-likeness (QED) is 0.752. The molecule has 0 aromatic heterocycles. The van der Waals surface area contributed by atoms with Gasteiger partial charge < -0.3 is 5.32 Å². The molecule has 0 spiro atoms. The second-order valence-corrected chi connectivity index (χ2v) is 6.86. The Morgan fingerprint density at radius 3 is 2.63 bits per heavy atom. The topological polar surface area (TPSA) is 12.0 Å². The number of nitrogens with one attached hydrogen (secondary N) is 1. The highest BCUT2D eigenvalue weighted by Crippen LogP contribution is 2.37. The highest BCUT2D eigenvalue weighted by molar-refractivity contribution is 7.99. The van der Waals surface area contributed by atoms with Crippen LogP contribution in [0, 0.1) is 5.82 Å². The fraction of sp³-hybridized carbons (Fsp3) is 0.625. The van der Waals surface area contributed by atoms with Gasteiger partial charge in [-0.1, -0.05) is 19.1 Å². The Bertz CT molecular complexity index is 373. The van der Waals surface area contributed by atoms with Crippen LogP contribution >= 0.6 is 11.8 Å². The van der Waals surface area contributed by atoms with Crippen molar-refractivity contribution in [2.45, 2.75) is 51.1 Å². The first-order valence-electron chi connectivity index (χ1n) is 7.28. The fourth-order valence-electron chi connectivity index (χ4n) is 2.65. The molecule has 0 saturated heterocycles. The van der Waals surface area contributed by atoms with Crippen LogP contribution in [0.2, 0.25) is 0 Å². The standard InChI is InChI=1S/C16H24FNS/c1-3-19-9-8-12(2)18-16-10-14(11-16)13-4-6-15(17)7-5-13/h4-7,12,14,16,18H,3,8-11H2,1-2H3. The van der Waals surface area contributed by atoms with E-state index in [0.29, 0.717) is 18.0 Å². The van der Waals surface area contributed by atoms with E-state index in [1.165, 1.54) is 36.3 Å². The molecule has 1 saturated carbocycles. The van der Waals surface area contributed by atoms with Gasteiger partial charge >= 0.3 is 0 Å². The first kappa shape index (κ1) is 14.9. The number of rotatable bonds is 7. The third-order valence-electron chi connectivity index (χ3n) is 3.90. The van der Waals surface area contributed by atoms with Crippen LogP contribution in [0.5, 0.6) is 0 Å². The third-order valence-corrected chi connectivity index (χ3v) is 4.83. The van der Waals surface area contributed by atoms with Gasteiger partial charge in [-0.2, -0.15) is 11.8 Å². The van der Waals surface area contributed by atoms with Crippen molar-refractivity contribution in [1.82, 2.24) is 5.32 Å². The van der Waals surface area contributed by atoms with Crippen LogP contribution in [0.1, 0.15) is 44.6 Å². The Hall–Kier alpha value is -0.540. The van der Waals surface area contributed by atoms with Crippen molar-refractivity contribution >= 4 is 11.8 Å². The van der Waals surface area contributed by atoms with Gasteiger partial charge in [-0.3, -0.25) is 0 Å². The van der Waals surface area contributed by atoms with E-state index in [9.17, 15) is 4.39 Å². The van der Waals surface area contributed by atoms with Gasteiger partial charge in [0.25, 0.3) is 0 Å². The summed E-state index contributed by atoms with van der Waals surface area (Å²) in [6.45, 7) is 4.49. The number of thioether (sulfide) groups is 1. The van der Waals surface area contributed by atoms with Crippen molar-refractivity contribution in [3.05, 3.63) is 35.6 Å². The van der Waals surface area contributed by atoms with Crippen LogP contribution in [-0.2, 0) is 0 Å². The molecule has 1 N–H and O–H groups in total. The van der Waals surface area contributed by atoms with Crippen molar-refractivity contribution < 1.29 is 4.39 Å². The van der Waals surface area contributed by atoms with Crippen LogP contribution in [0.15, 0.2) is 24.3 Å². The van der Waals surface area contributed by atoms with E-state index in [2.05, 4.69) is 19.2 Å². The summed E-state index contributed by atoms with van der Waals surface area (Å²) in [5, 5.41) is 3.70. The monoisotopic (exact) mass is 281 g/mol. The predicted molar refractivity (Wildman–Crippen MR) is 82.4 cm³/mol. The fourth-order valence-corrected chi connectivity index (χ4v) is 3.46. The van der Waals surface area contributed by atoms with E-state index in [-0.39, 0.29) is 5.82 Å². The Kier molecular flexibility index (Phi) is 5.71. The third kappa shape index (κ3) is 4.50. The van der Waals surface area contributed by atoms with Crippen molar-refractivity contribution in [2.24, 2.45) is 0 Å². The van der Waals surface area contributed by atoms with Crippen molar-refractivity contribution in [3.63, 3.8) is 0 Å². The van der Waals surface area contributed by atoms with Crippen LogP contribution in [0.25, 0.3) is 0 Å². The number of benzene rings is 1. The molecule has 1 unspecified atom stereocenters. The van der Waals surface area contributed by atoms with Crippen LogP contribution < -0.4 is 5.32 Å². The van der Waals surface area contributed by atoms with E-state index in [1.54, 1.807) is 12.1 Å². The highest BCUT2D eigenvalue weighted by atomic mass is 32.2. The van der Waals surface area contributed by atoms with Gasteiger partial charge in [0, 0.05) is 12.1 Å². The maximum atomic E-state index is 12.9. The van der Waals surface area contributed by atoms with E-state index in [1.807, 2.05) is 23.9 Å². The van der Waals surface area contributed by atoms with Crippen LogP contribution in [0.4, 0.5) is 4.39 Å². The molecule has 1 aliphatic rings. The molecular weight excluding hydrogens is 257 g/mol. The first-order chi connectivity index (χ1) is 9.19. The van der Waals surface area contributed by atoms with Crippen LogP contribution in [-0.4, -0.2) is 23.6 Å². The van der Waals surface area contributed by atoms with Crippen molar-refractivity contribution in [1.29, 1.82) is 0 Å². The lowest BCUT2D eigenvalue weighted by molar-refractivity contribution is 0.268. The molecular formula is C16H24FNS. The summed E-state index contributed by atoms with van der Waals surface area (Å²) in [6.07, 6.45) is 3.63. The zero-order valence-electron chi connectivity index (χ0n) is 11.9. The zero-order valence-corrected chi connectivity index (χ0v) is 12.7. The molecule has 1 aromatic carbocycles. The van der Waals surface area contributed by atoms with E-state index in [4.69, 9.17) is 0 Å². The molecule has 1 nitrogen and oxygen atoms in total. The minimum Gasteiger partial charge on any atom is -0.311 e. The smallest absolute Gasteiger partial charge is 0.123 e. The van der Waals surface area contributed by atoms with E-state index < -0.39 is 0 Å². The van der Waals surface area contributed by atoms with Gasteiger partial charge in [0.05, 0.1) is 0 Å².